The number of hydrogen-bond donors (Lipinski definition) is 1. The summed E-state index contributed by atoms with van der Waals surface area (Å²) in [6.45, 7) is 6.31. The highest BCUT2D eigenvalue weighted by atomic mass is 16.6. The number of carbonyl (C=O) groups is 2. The summed E-state index contributed by atoms with van der Waals surface area (Å²) in [5.74, 6) is 0.722. The van der Waals surface area contributed by atoms with E-state index in [1.54, 1.807) is 0 Å². The van der Waals surface area contributed by atoms with Crippen LogP contribution in [-0.4, -0.2) is 18.0 Å². The van der Waals surface area contributed by atoms with E-state index in [0.717, 1.165) is 39.9 Å². The Morgan fingerprint density at radius 1 is 0.906 bits per heavy atom. The first-order chi connectivity index (χ1) is 15.3. The Labute approximate surface area is 189 Å². The number of rotatable bonds is 8. The molecule has 0 aliphatic heterocycles. The first kappa shape index (κ1) is 23.1. The number of nitrogens with one attached hydrogen (secondary N) is 1. The minimum atomic E-state index is -0.526. The summed E-state index contributed by atoms with van der Waals surface area (Å²) in [4.78, 5) is 22.8. The first-order valence-corrected chi connectivity index (χ1v) is 10.6. The van der Waals surface area contributed by atoms with Gasteiger partial charge in [-0.1, -0.05) is 54.6 Å². The summed E-state index contributed by atoms with van der Waals surface area (Å²) >= 11 is 0. The van der Waals surface area contributed by atoms with Gasteiger partial charge in [0.25, 0.3) is 0 Å². The van der Waals surface area contributed by atoms with Crippen molar-refractivity contribution in [2.45, 2.75) is 45.9 Å². The van der Waals surface area contributed by atoms with E-state index in [4.69, 9.17) is 9.47 Å². The molecule has 0 atom stereocenters. The van der Waals surface area contributed by atoms with Crippen LogP contribution in [0.3, 0.4) is 0 Å². The van der Waals surface area contributed by atoms with Crippen molar-refractivity contribution in [3.05, 3.63) is 89.5 Å². The van der Waals surface area contributed by atoms with Gasteiger partial charge in [0.05, 0.1) is 0 Å². The summed E-state index contributed by atoms with van der Waals surface area (Å²) in [7, 11) is 0. The number of carbonyl (C=O) groups excluding carboxylic acids is 2. The molecule has 5 nitrogen and oxygen atoms in total. The second-order valence-corrected chi connectivity index (χ2v) is 8.52. The van der Waals surface area contributed by atoms with Crippen LogP contribution < -0.4 is 10.1 Å². The van der Waals surface area contributed by atoms with Gasteiger partial charge in [0.15, 0.2) is 0 Å². The van der Waals surface area contributed by atoms with E-state index in [0.29, 0.717) is 19.6 Å². The summed E-state index contributed by atoms with van der Waals surface area (Å²) in [6.07, 6.45) is 0.783. The lowest BCUT2D eigenvalue weighted by Gasteiger charge is -2.19. The summed E-state index contributed by atoms with van der Waals surface area (Å²) in [5.41, 5.74) is 4.48. The minimum absolute atomic E-state index is 0.334. The highest BCUT2D eigenvalue weighted by molar-refractivity contribution is 5.68. The summed E-state index contributed by atoms with van der Waals surface area (Å²) in [6, 6.07) is 23.8. The van der Waals surface area contributed by atoms with Gasteiger partial charge in [-0.05, 0) is 61.2 Å². The van der Waals surface area contributed by atoms with Gasteiger partial charge in [-0.2, -0.15) is 0 Å². The van der Waals surface area contributed by atoms with Crippen LogP contribution in [0.2, 0.25) is 0 Å². The Morgan fingerprint density at radius 2 is 1.56 bits per heavy atom. The zero-order valence-electron chi connectivity index (χ0n) is 18.8. The van der Waals surface area contributed by atoms with Gasteiger partial charge in [-0.25, -0.2) is 4.79 Å². The summed E-state index contributed by atoms with van der Waals surface area (Å²) < 4.78 is 11.3. The van der Waals surface area contributed by atoms with Crippen LogP contribution in [0.15, 0.2) is 72.8 Å². The molecule has 32 heavy (non-hydrogen) atoms. The number of ether oxygens (including phenoxy) is 2. The Kier molecular flexibility index (Phi) is 7.66. The quantitative estimate of drug-likeness (QED) is 0.465. The maximum absolute atomic E-state index is 11.9. The van der Waals surface area contributed by atoms with Gasteiger partial charge >= 0.3 is 6.09 Å². The molecule has 0 saturated heterocycles. The molecule has 5 heteroatoms. The molecule has 0 heterocycles. The lowest BCUT2D eigenvalue weighted by molar-refractivity contribution is -0.107. The largest absolute Gasteiger partial charge is 0.489 e. The molecule has 3 aromatic rings. The van der Waals surface area contributed by atoms with E-state index in [-0.39, 0.29) is 0 Å². The van der Waals surface area contributed by atoms with Crippen molar-refractivity contribution in [2.75, 3.05) is 0 Å². The fraction of sp³-hybridized carbons (Fsp3) is 0.259. The Bertz CT molecular complexity index is 1070. The summed E-state index contributed by atoms with van der Waals surface area (Å²) in [5, 5.41) is 2.79. The third-order valence-electron chi connectivity index (χ3n) is 4.69. The maximum atomic E-state index is 11.9. The lowest BCUT2D eigenvalue weighted by Crippen LogP contribution is -2.32. The molecule has 0 aliphatic rings. The van der Waals surface area contributed by atoms with Crippen molar-refractivity contribution in [3.8, 4) is 16.9 Å². The predicted octanol–water partition coefficient (Wildman–Crippen LogP) is 5.70. The average molecular weight is 432 g/mol. The van der Waals surface area contributed by atoms with E-state index >= 15 is 0 Å². The molecular weight excluding hydrogens is 402 g/mol. The molecule has 3 rings (SSSR count). The number of amides is 1. The fourth-order valence-electron chi connectivity index (χ4n) is 3.25. The molecule has 0 aromatic heterocycles. The van der Waals surface area contributed by atoms with Crippen LogP contribution >= 0.6 is 0 Å². The van der Waals surface area contributed by atoms with Crippen molar-refractivity contribution in [3.63, 3.8) is 0 Å². The van der Waals surface area contributed by atoms with Crippen LogP contribution in [0.4, 0.5) is 4.79 Å². The molecule has 0 radical (unpaired) electrons. The van der Waals surface area contributed by atoms with Gasteiger partial charge < -0.3 is 19.6 Å². The van der Waals surface area contributed by atoms with Crippen LogP contribution in [0.1, 0.15) is 37.5 Å². The topological polar surface area (TPSA) is 64.6 Å². The predicted molar refractivity (Wildman–Crippen MR) is 125 cm³/mol. The van der Waals surface area contributed by atoms with Gasteiger partial charge in [0.1, 0.15) is 24.2 Å². The molecule has 166 valence electrons. The van der Waals surface area contributed by atoms with Crippen molar-refractivity contribution in [2.24, 2.45) is 0 Å². The van der Waals surface area contributed by atoms with Crippen LogP contribution in [0.25, 0.3) is 11.1 Å². The number of para-hydroxylation sites is 1. The molecule has 0 bridgehead atoms. The molecule has 0 fully saturated rings. The van der Waals surface area contributed by atoms with Crippen molar-refractivity contribution in [1.29, 1.82) is 0 Å². The maximum Gasteiger partial charge on any atom is 0.407 e. The highest BCUT2D eigenvalue weighted by Gasteiger charge is 2.15. The van der Waals surface area contributed by atoms with E-state index in [9.17, 15) is 9.59 Å². The number of benzene rings is 3. The molecule has 0 spiro atoms. The molecule has 0 unspecified atom stereocenters. The van der Waals surface area contributed by atoms with Gasteiger partial charge in [-0.3, -0.25) is 0 Å². The Balaban J connectivity index is 1.67. The number of alkyl carbamates (subject to hydrolysis) is 1. The second kappa shape index (κ2) is 10.6. The van der Waals surface area contributed by atoms with Crippen molar-refractivity contribution >= 4 is 12.4 Å². The second-order valence-electron chi connectivity index (χ2n) is 8.52. The average Bonchev–Trinajstić information content (AvgIpc) is 2.77. The monoisotopic (exact) mass is 431 g/mol. The normalized spacial score (nSPS) is 11.0. The van der Waals surface area contributed by atoms with E-state index in [1.807, 2.05) is 81.4 Å². The van der Waals surface area contributed by atoms with E-state index < -0.39 is 11.7 Å². The van der Waals surface area contributed by atoms with Crippen LogP contribution in [0, 0.1) is 0 Å². The third-order valence-corrected chi connectivity index (χ3v) is 4.69. The highest BCUT2D eigenvalue weighted by Crippen LogP contribution is 2.24. The minimum Gasteiger partial charge on any atom is -0.489 e. The number of hydrogen-bond acceptors (Lipinski definition) is 4. The molecular formula is C27H29NO4. The van der Waals surface area contributed by atoms with E-state index in [2.05, 4.69) is 17.4 Å². The molecule has 3 aromatic carbocycles. The smallest absolute Gasteiger partial charge is 0.407 e. The van der Waals surface area contributed by atoms with Gasteiger partial charge in [-0.15, -0.1) is 0 Å². The van der Waals surface area contributed by atoms with E-state index in [1.165, 1.54) is 0 Å². The van der Waals surface area contributed by atoms with Crippen molar-refractivity contribution < 1.29 is 19.1 Å². The Hall–Kier alpha value is -3.60. The lowest BCUT2D eigenvalue weighted by atomic mass is 10.0. The van der Waals surface area contributed by atoms with Gasteiger partial charge in [0.2, 0.25) is 0 Å². The molecule has 0 aliphatic carbocycles. The fourth-order valence-corrected chi connectivity index (χ4v) is 3.25. The standard InChI is InChI=1S/C27H29NO4/c1-27(2,3)32-26(30)28-18-20-8-6-11-23(16-20)24-12-7-9-21(17-24)19-31-25-13-5-4-10-22(25)14-15-29/h4-13,15-17H,14,18-19H2,1-3H3,(H,28,30). The van der Waals surface area contributed by atoms with Crippen LogP contribution in [0.5, 0.6) is 5.75 Å². The van der Waals surface area contributed by atoms with Crippen LogP contribution in [-0.2, 0) is 29.1 Å². The molecule has 0 saturated carbocycles. The first-order valence-electron chi connectivity index (χ1n) is 10.6. The molecule has 1 N–H and O–H groups in total. The van der Waals surface area contributed by atoms with Crippen molar-refractivity contribution in [1.82, 2.24) is 5.32 Å². The number of aldehydes is 1. The zero-order chi connectivity index (χ0) is 23.0. The molecule has 1 amide bonds. The zero-order valence-corrected chi connectivity index (χ0v) is 18.8. The third kappa shape index (κ3) is 6.98. The SMILES string of the molecule is CC(C)(C)OC(=O)NCc1cccc(-c2cccc(COc3ccccc3CC=O)c2)c1. The Morgan fingerprint density at radius 3 is 2.25 bits per heavy atom. The van der Waals surface area contributed by atoms with Gasteiger partial charge in [0, 0.05) is 18.5 Å².